The van der Waals surface area contributed by atoms with Gasteiger partial charge >= 0.3 is 19.8 Å². The number of aliphatic hydroxyl groups is 10. The maximum Gasteiger partial charge on any atom is 0.474 e. The number of esters is 2. The third-order valence-electron chi connectivity index (χ3n) is 19.8. The fraction of sp³-hybridized carbons (Fsp3) is 0.883. The van der Waals surface area contributed by atoms with E-state index in [0.717, 1.165) is 91.1 Å². The summed E-state index contributed by atoms with van der Waals surface area (Å²) in [5.74, 6) is -2.43. The normalized spacial score (nSPS) is 29.4. The van der Waals surface area contributed by atoms with Gasteiger partial charge in [-0.15, -0.1) is 0 Å². The molecule has 32 nitrogen and oxygen atoms in total. The van der Waals surface area contributed by atoms with Crippen LogP contribution in [0.3, 0.4) is 0 Å². The van der Waals surface area contributed by atoms with Crippen molar-refractivity contribution in [2.75, 3.05) is 59.8 Å². The quantitative estimate of drug-likeness (QED) is 0.0144. The lowest BCUT2D eigenvalue weighted by molar-refractivity contribution is -0.391. The van der Waals surface area contributed by atoms with Gasteiger partial charge in [-0.1, -0.05) is 141 Å². The third-order valence-corrected chi connectivity index (χ3v) is 21.2. The highest BCUT2D eigenvalue weighted by atomic mass is 31.2. The van der Waals surface area contributed by atoms with E-state index in [0.29, 0.717) is 25.7 Å². The standard InChI is InChI=1S/C77H138N3O29P/c1-7-9-11-13-15-17-19-21-23-25-27-29-31-33-35-42-60(86)99-50-55(104-61(87)43-36-34-32-30-28-26-24-22-20-18-16-14-12-10-8-2)51-101-110(96,97-6)100-47-45-79-59(85)41-38-37-40-58(84)78-44-39-46-98-74-62(80-54(5)83)72(71(57(49-82)106-74)107-75-69(94)66(91)63(88)52(3)102-75)108-77-73(68(93)65(90)56(48-81)105-77)109-76-70(95)67(92)64(89)53(4)103-76/h21-24,52-53,55-57,62-77,81-82,88-95H,7-20,25-51H2,1-6H3,(H,78,84)(H,79,85)(H,80,83)/b23-21?,24-22+/t52?,53?,55-,56?,57?,62?,63+,64+,65+,66?,67-,68+,69+,70?,71+,72-,73?,74-,75+,76+,77+,110?/m1/s1. The van der Waals surface area contributed by atoms with E-state index in [1.165, 1.54) is 90.9 Å². The molecule has 4 fully saturated rings. The maximum atomic E-state index is 13.6. The summed E-state index contributed by atoms with van der Waals surface area (Å²) in [5.41, 5.74) is 0. The Morgan fingerprint density at radius 3 is 1.38 bits per heavy atom. The Morgan fingerprint density at radius 1 is 0.445 bits per heavy atom. The lowest BCUT2D eigenvalue weighted by atomic mass is 9.94. The minimum atomic E-state index is -4.27. The number of ether oxygens (including phenoxy) is 10. The van der Waals surface area contributed by atoms with Gasteiger partial charge in [0, 0.05) is 52.8 Å². The van der Waals surface area contributed by atoms with Crippen LogP contribution in [-0.2, 0) is 89.5 Å². The third kappa shape index (κ3) is 37.9. The Kier molecular flexibility index (Phi) is 51.4. The largest absolute Gasteiger partial charge is 0.474 e. The number of allylic oxidation sites excluding steroid dienone is 4. The molecule has 0 aromatic carbocycles. The molecule has 110 heavy (non-hydrogen) atoms. The van der Waals surface area contributed by atoms with Crippen molar-refractivity contribution in [2.24, 2.45) is 0 Å². The number of nitrogens with one attached hydrogen (secondary N) is 3. The number of hydrogen-bond acceptors (Lipinski definition) is 29. The predicted molar refractivity (Wildman–Crippen MR) is 402 cm³/mol. The van der Waals surface area contributed by atoms with Gasteiger partial charge in [-0.25, -0.2) is 4.57 Å². The molecule has 33 heteroatoms. The lowest BCUT2D eigenvalue weighted by Crippen LogP contribution is -2.70. The molecule has 4 saturated heterocycles. The maximum absolute atomic E-state index is 13.6. The van der Waals surface area contributed by atoms with E-state index >= 15 is 0 Å². The van der Waals surface area contributed by atoms with E-state index in [4.69, 9.17) is 60.9 Å². The highest BCUT2D eigenvalue weighted by Crippen LogP contribution is 2.48. The molecule has 4 aliphatic rings. The summed E-state index contributed by atoms with van der Waals surface area (Å²) in [6.45, 7) is 5.21. The molecule has 0 radical (unpaired) electrons. The minimum absolute atomic E-state index is 0.0257. The van der Waals surface area contributed by atoms with E-state index in [1.807, 2.05) is 0 Å². The summed E-state index contributed by atoms with van der Waals surface area (Å²) in [4.78, 5) is 64.8. The SMILES string of the molecule is CCCCCCCCC=CCCCCCCCC(=O)OC[C@H](COP(=O)(OC)OCCNC(=O)CCCCC(=O)NCCCO[C@@H]1OC(CO)[C@H](O[C@@H]2OC(C)[C@H](O)C(O)[C@@H]2O)[C@H](O[C@@H]2OC(CO)[C@H](O)[C@H](O)C2O[C@@H]2OC(C)[C@H](O)[C@@H](O)C2O)C1NC(C)=O)OC(=O)CCCCCCC/C=C/CCCCCCCC. The van der Waals surface area contributed by atoms with E-state index in [2.05, 4.69) is 54.1 Å². The molecule has 0 aromatic rings. The molecule has 22 atom stereocenters. The average molecular weight is 1600 g/mol. The Morgan fingerprint density at radius 2 is 0.891 bits per heavy atom. The van der Waals surface area contributed by atoms with Gasteiger partial charge in [-0.05, 0) is 97.3 Å². The lowest BCUT2D eigenvalue weighted by Gasteiger charge is -2.51. The van der Waals surface area contributed by atoms with Crippen molar-refractivity contribution in [1.29, 1.82) is 0 Å². The van der Waals surface area contributed by atoms with Gasteiger partial charge in [-0.2, -0.15) is 0 Å². The molecule has 4 rings (SSSR count). The molecule has 0 bridgehead atoms. The zero-order chi connectivity index (χ0) is 80.6. The Balaban J connectivity index is 1.24. The molecule has 9 unspecified atom stereocenters. The van der Waals surface area contributed by atoms with Crippen molar-refractivity contribution in [1.82, 2.24) is 16.0 Å². The zero-order valence-electron chi connectivity index (χ0n) is 66.1. The summed E-state index contributed by atoms with van der Waals surface area (Å²) in [7, 11) is -3.16. The van der Waals surface area contributed by atoms with Gasteiger partial charge in [-0.3, -0.25) is 37.5 Å². The summed E-state index contributed by atoms with van der Waals surface area (Å²) >= 11 is 0. The van der Waals surface area contributed by atoms with Gasteiger partial charge in [0.15, 0.2) is 31.3 Å². The molecule has 4 heterocycles. The highest BCUT2D eigenvalue weighted by Gasteiger charge is 2.56. The van der Waals surface area contributed by atoms with Crippen LogP contribution in [0, 0.1) is 0 Å². The van der Waals surface area contributed by atoms with Crippen molar-refractivity contribution < 1.29 is 141 Å². The summed E-state index contributed by atoms with van der Waals surface area (Å²) in [5, 5.41) is 116. The van der Waals surface area contributed by atoms with Crippen molar-refractivity contribution in [3.05, 3.63) is 24.3 Å². The second-order valence-corrected chi connectivity index (χ2v) is 31.0. The molecule has 13 N–H and O–H groups in total. The zero-order valence-corrected chi connectivity index (χ0v) is 67.0. The van der Waals surface area contributed by atoms with E-state index < -0.39 is 174 Å². The van der Waals surface area contributed by atoms with E-state index in [1.54, 1.807) is 0 Å². The first-order valence-corrected chi connectivity index (χ1v) is 42.1. The van der Waals surface area contributed by atoms with Crippen LogP contribution in [0.25, 0.3) is 0 Å². The summed E-state index contributed by atoms with van der Waals surface area (Å²) in [6, 6.07) is -1.49. The number of phosphoric acid groups is 1. The molecular weight excluding hydrogens is 1460 g/mol. The van der Waals surface area contributed by atoms with Gasteiger partial charge in [0.1, 0.15) is 92.0 Å². The van der Waals surface area contributed by atoms with Gasteiger partial charge in [0.05, 0.1) is 45.2 Å². The molecule has 0 aliphatic carbocycles. The number of amides is 3. The first-order valence-electron chi connectivity index (χ1n) is 40.7. The van der Waals surface area contributed by atoms with Crippen LogP contribution in [0.2, 0.25) is 0 Å². The number of carbonyl (C=O) groups excluding carboxylic acids is 5. The van der Waals surface area contributed by atoms with Crippen molar-refractivity contribution in [3.63, 3.8) is 0 Å². The first-order chi connectivity index (χ1) is 52.9. The number of carbonyl (C=O) groups is 5. The molecule has 640 valence electrons. The number of aliphatic hydroxyl groups excluding tert-OH is 10. The van der Waals surface area contributed by atoms with Crippen LogP contribution in [-0.4, -0.2) is 269 Å². The predicted octanol–water partition coefficient (Wildman–Crippen LogP) is 5.98. The molecule has 3 amide bonds. The molecule has 0 aromatic heterocycles. The van der Waals surface area contributed by atoms with Crippen molar-refractivity contribution in [3.8, 4) is 0 Å². The fourth-order valence-electron chi connectivity index (χ4n) is 13.1. The Hall–Kier alpha value is -3.78. The second kappa shape index (κ2) is 57.3. The molecule has 4 aliphatic heterocycles. The van der Waals surface area contributed by atoms with Crippen LogP contribution in [0.5, 0.6) is 0 Å². The second-order valence-electron chi connectivity index (χ2n) is 29.2. The van der Waals surface area contributed by atoms with Crippen molar-refractivity contribution >= 4 is 37.5 Å². The average Bonchev–Trinajstić information content (AvgIpc) is 0.765. The van der Waals surface area contributed by atoms with Gasteiger partial charge < -0.3 is 114 Å². The number of hydrogen-bond donors (Lipinski definition) is 13. The Labute approximate surface area is 650 Å². The summed E-state index contributed by atoms with van der Waals surface area (Å²) < 4.78 is 89.1. The molecule has 0 spiro atoms. The minimum Gasteiger partial charge on any atom is -0.462 e. The van der Waals surface area contributed by atoms with Crippen LogP contribution >= 0.6 is 7.82 Å². The monoisotopic (exact) mass is 1600 g/mol. The fourth-order valence-corrected chi connectivity index (χ4v) is 14.1. The molecular formula is C77H138N3O29P. The first kappa shape index (κ1) is 98.6. The number of phosphoric ester groups is 1. The highest BCUT2D eigenvalue weighted by molar-refractivity contribution is 7.48. The number of unbranched alkanes of at least 4 members (excludes halogenated alkanes) is 23. The van der Waals surface area contributed by atoms with Crippen LogP contribution in [0.4, 0.5) is 0 Å². The van der Waals surface area contributed by atoms with Gasteiger partial charge in [0.2, 0.25) is 17.7 Å². The van der Waals surface area contributed by atoms with Crippen LogP contribution in [0.1, 0.15) is 247 Å². The van der Waals surface area contributed by atoms with Gasteiger partial charge in [0.25, 0.3) is 0 Å². The Bertz CT molecular complexity index is 2600. The van der Waals surface area contributed by atoms with E-state index in [9.17, 15) is 79.6 Å². The molecule has 0 saturated carbocycles. The van der Waals surface area contributed by atoms with Crippen LogP contribution < -0.4 is 16.0 Å². The van der Waals surface area contributed by atoms with E-state index in [-0.39, 0.29) is 76.8 Å². The number of rotatable bonds is 60. The summed E-state index contributed by atoms with van der Waals surface area (Å²) in [6.07, 6.45) is 5.95. The van der Waals surface area contributed by atoms with Crippen LogP contribution in [0.15, 0.2) is 24.3 Å². The smallest absolute Gasteiger partial charge is 0.462 e. The van der Waals surface area contributed by atoms with Crippen molar-refractivity contribution in [2.45, 2.75) is 375 Å². The topological polar surface area (TPSA) is 461 Å².